The number of hydrogen-bond donors (Lipinski definition) is 1. The van der Waals surface area contributed by atoms with Crippen molar-refractivity contribution in [3.05, 3.63) is 0 Å². The van der Waals surface area contributed by atoms with Crippen molar-refractivity contribution in [2.24, 2.45) is 5.92 Å². The van der Waals surface area contributed by atoms with Crippen LogP contribution in [0, 0.1) is 5.92 Å². The van der Waals surface area contributed by atoms with E-state index in [1.807, 2.05) is 0 Å². The van der Waals surface area contributed by atoms with Gasteiger partial charge in [0.05, 0.1) is 0 Å². The minimum Gasteiger partial charge on any atom is -0.313 e. The van der Waals surface area contributed by atoms with E-state index >= 15 is 0 Å². The fourth-order valence-corrected chi connectivity index (χ4v) is 2.87. The first kappa shape index (κ1) is 14.0. The zero-order chi connectivity index (χ0) is 12.0. The van der Waals surface area contributed by atoms with Crippen molar-refractivity contribution in [3.63, 3.8) is 0 Å². The molecule has 0 amide bonds. The molecule has 0 bridgehead atoms. The number of nitrogens with one attached hydrogen (secondary N) is 1. The third kappa shape index (κ3) is 4.06. The molecule has 0 aliphatic carbocycles. The molecule has 1 heterocycles. The van der Waals surface area contributed by atoms with E-state index in [0.717, 1.165) is 12.5 Å². The van der Waals surface area contributed by atoms with E-state index in [2.05, 4.69) is 37.9 Å². The molecule has 1 fully saturated rings. The minimum atomic E-state index is 0.665. The lowest BCUT2D eigenvalue weighted by molar-refractivity contribution is 0.171. The van der Waals surface area contributed by atoms with Crippen LogP contribution in [0.15, 0.2) is 0 Å². The van der Waals surface area contributed by atoms with E-state index < -0.39 is 0 Å². The summed E-state index contributed by atoms with van der Waals surface area (Å²) in [6.07, 6.45) is 5.42. The van der Waals surface area contributed by atoms with Gasteiger partial charge in [0.25, 0.3) is 0 Å². The average molecular weight is 226 g/mol. The van der Waals surface area contributed by atoms with Crippen molar-refractivity contribution in [1.29, 1.82) is 0 Å². The molecule has 3 unspecified atom stereocenters. The van der Waals surface area contributed by atoms with Gasteiger partial charge in [-0.05, 0) is 58.2 Å². The fraction of sp³-hybridized carbons (Fsp3) is 1.00. The molecule has 2 heteroatoms. The summed E-state index contributed by atoms with van der Waals surface area (Å²) in [5, 5.41) is 3.62. The molecule has 0 aromatic heterocycles. The molecule has 0 radical (unpaired) electrons. The Balaban J connectivity index is 2.47. The summed E-state index contributed by atoms with van der Waals surface area (Å²) < 4.78 is 0. The standard InChI is InChI=1S/C14H30N2/c1-5-14(15-6-2)13(4)16-10-7-8-12(3)9-11-16/h12-15H,5-11H2,1-4H3. The molecule has 3 atom stereocenters. The van der Waals surface area contributed by atoms with Crippen LogP contribution in [-0.4, -0.2) is 36.6 Å². The second kappa shape index (κ2) is 7.29. The predicted molar refractivity (Wildman–Crippen MR) is 71.8 cm³/mol. The van der Waals surface area contributed by atoms with E-state index in [1.54, 1.807) is 0 Å². The van der Waals surface area contributed by atoms with Crippen molar-refractivity contribution in [2.75, 3.05) is 19.6 Å². The highest BCUT2D eigenvalue weighted by atomic mass is 15.2. The summed E-state index contributed by atoms with van der Waals surface area (Å²) in [6, 6.07) is 1.36. The van der Waals surface area contributed by atoms with E-state index in [0.29, 0.717) is 12.1 Å². The van der Waals surface area contributed by atoms with Gasteiger partial charge in [0.2, 0.25) is 0 Å². The van der Waals surface area contributed by atoms with Gasteiger partial charge in [-0.1, -0.05) is 20.8 Å². The molecule has 2 nitrogen and oxygen atoms in total. The van der Waals surface area contributed by atoms with E-state index in [9.17, 15) is 0 Å². The molecule has 1 rings (SSSR count). The molecule has 1 aliphatic rings. The number of nitrogens with zero attached hydrogens (tertiary/aromatic N) is 1. The minimum absolute atomic E-state index is 0.665. The topological polar surface area (TPSA) is 15.3 Å². The van der Waals surface area contributed by atoms with Crippen LogP contribution < -0.4 is 5.32 Å². The Hall–Kier alpha value is -0.0800. The van der Waals surface area contributed by atoms with Crippen LogP contribution >= 0.6 is 0 Å². The van der Waals surface area contributed by atoms with Gasteiger partial charge in [-0.25, -0.2) is 0 Å². The van der Waals surface area contributed by atoms with Crippen LogP contribution in [0.5, 0.6) is 0 Å². The van der Waals surface area contributed by atoms with Crippen LogP contribution in [0.25, 0.3) is 0 Å². The fourth-order valence-electron chi connectivity index (χ4n) is 2.87. The van der Waals surface area contributed by atoms with Crippen molar-refractivity contribution in [3.8, 4) is 0 Å². The molecule has 1 N–H and O–H groups in total. The highest BCUT2D eigenvalue weighted by molar-refractivity contribution is 4.81. The van der Waals surface area contributed by atoms with Gasteiger partial charge in [-0.2, -0.15) is 0 Å². The van der Waals surface area contributed by atoms with Crippen LogP contribution in [0.4, 0.5) is 0 Å². The first-order chi connectivity index (χ1) is 7.69. The van der Waals surface area contributed by atoms with Crippen LogP contribution in [0.1, 0.15) is 53.4 Å². The lowest BCUT2D eigenvalue weighted by Crippen LogP contribution is -2.48. The molecule has 0 aromatic carbocycles. The van der Waals surface area contributed by atoms with Crippen molar-refractivity contribution in [2.45, 2.75) is 65.5 Å². The first-order valence-corrected chi connectivity index (χ1v) is 7.16. The summed E-state index contributed by atoms with van der Waals surface area (Å²) >= 11 is 0. The van der Waals surface area contributed by atoms with Gasteiger partial charge in [-0.3, -0.25) is 4.90 Å². The summed E-state index contributed by atoms with van der Waals surface area (Å²) in [6.45, 7) is 13.0. The van der Waals surface area contributed by atoms with Crippen LogP contribution in [0.3, 0.4) is 0 Å². The third-order valence-electron chi connectivity index (χ3n) is 4.12. The van der Waals surface area contributed by atoms with E-state index in [1.165, 1.54) is 38.8 Å². The highest BCUT2D eigenvalue weighted by Gasteiger charge is 2.23. The Morgan fingerprint density at radius 2 is 2.00 bits per heavy atom. The normalized spacial score (nSPS) is 27.4. The van der Waals surface area contributed by atoms with Crippen molar-refractivity contribution >= 4 is 0 Å². The summed E-state index contributed by atoms with van der Waals surface area (Å²) in [7, 11) is 0. The summed E-state index contributed by atoms with van der Waals surface area (Å²) in [5.74, 6) is 0.927. The average Bonchev–Trinajstić information content (AvgIpc) is 2.50. The van der Waals surface area contributed by atoms with E-state index in [4.69, 9.17) is 0 Å². The molecule has 0 spiro atoms. The van der Waals surface area contributed by atoms with Crippen molar-refractivity contribution in [1.82, 2.24) is 10.2 Å². The Bertz CT molecular complexity index is 182. The summed E-state index contributed by atoms with van der Waals surface area (Å²) in [5.41, 5.74) is 0. The second-order valence-corrected chi connectivity index (χ2v) is 5.39. The Morgan fingerprint density at radius 1 is 1.25 bits per heavy atom. The molecule has 96 valence electrons. The maximum atomic E-state index is 3.62. The Morgan fingerprint density at radius 3 is 2.62 bits per heavy atom. The number of likely N-dealkylation sites (N-methyl/N-ethyl adjacent to an activating group) is 1. The zero-order valence-electron chi connectivity index (χ0n) is 11.6. The van der Waals surface area contributed by atoms with E-state index in [-0.39, 0.29) is 0 Å². The van der Waals surface area contributed by atoms with Gasteiger partial charge < -0.3 is 5.32 Å². The van der Waals surface area contributed by atoms with Gasteiger partial charge in [-0.15, -0.1) is 0 Å². The number of likely N-dealkylation sites (tertiary alicyclic amines) is 1. The van der Waals surface area contributed by atoms with Gasteiger partial charge in [0, 0.05) is 12.1 Å². The molecule has 1 aliphatic heterocycles. The van der Waals surface area contributed by atoms with Crippen LogP contribution in [0.2, 0.25) is 0 Å². The quantitative estimate of drug-likeness (QED) is 0.775. The Kier molecular flexibility index (Phi) is 6.37. The van der Waals surface area contributed by atoms with Gasteiger partial charge in [0.1, 0.15) is 0 Å². The number of rotatable bonds is 5. The first-order valence-electron chi connectivity index (χ1n) is 7.16. The molecule has 0 saturated carbocycles. The molecule has 16 heavy (non-hydrogen) atoms. The molecule has 1 saturated heterocycles. The Labute approximate surface area is 102 Å². The third-order valence-corrected chi connectivity index (χ3v) is 4.12. The van der Waals surface area contributed by atoms with Crippen molar-refractivity contribution < 1.29 is 0 Å². The monoisotopic (exact) mass is 226 g/mol. The maximum absolute atomic E-state index is 3.62. The van der Waals surface area contributed by atoms with Gasteiger partial charge in [0.15, 0.2) is 0 Å². The SMILES string of the molecule is CCNC(CC)C(C)N1CCCC(C)CC1. The lowest BCUT2D eigenvalue weighted by atomic mass is 10.0. The largest absolute Gasteiger partial charge is 0.313 e. The number of hydrogen-bond acceptors (Lipinski definition) is 2. The maximum Gasteiger partial charge on any atom is 0.0220 e. The molecular formula is C14H30N2. The van der Waals surface area contributed by atoms with Gasteiger partial charge >= 0.3 is 0 Å². The zero-order valence-corrected chi connectivity index (χ0v) is 11.6. The summed E-state index contributed by atoms with van der Waals surface area (Å²) in [4.78, 5) is 2.69. The van der Waals surface area contributed by atoms with Crippen LogP contribution in [-0.2, 0) is 0 Å². The predicted octanol–water partition coefficient (Wildman–Crippen LogP) is 2.89. The lowest BCUT2D eigenvalue weighted by Gasteiger charge is -2.34. The molecule has 0 aromatic rings. The smallest absolute Gasteiger partial charge is 0.0220 e. The molecular weight excluding hydrogens is 196 g/mol. The second-order valence-electron chi connectivity index (χ2n) is 5.39. The highest BCUT2D eigenvalue weighted by Crippen LogP contribution is 2.19.